The first kappa shape index (κ1) is 16.9. The van der Waals surface area contributed by atoms with Crippen molar-refractivity contribution >= 4 is 16.7 Å². The zero-order valence-corrected chi connectivity index (χ0v) is 13.3. The first-order chi connectivity index (χ1) is 9.36. The maximum atomic E-state index is 12.1. The summed E-state index contributed by atoms with van der Waals surface area (Å²) in [5.74, 6) is 0.241. The molecular weight excluding hydrogens is 274 g/mol. The fourth-order valence-corrected chi connectivity index (χ4v) is 2.59. The van der Waals surface area contributed by atoms with Crippen LogP contribution in [0.15, 0.2) is 30.3 Å². The summed E-state index contributed by atoms with van der Waals surface area (Å²) in [4.78, 5) is 12.1. The van der Waals surface area contributed by atoms with E-state index in [0.717, 1.165) is 5.56 Å². The van der Waals surface area contributed by atoms with Crippen LogP contribution in [0, 0.1) is 0 Å². The summed E-state index contributed by atoms with van der Waals surface area (Å²) in [6.07, 6.45) is -0.626. The molecule has 0 spiro atoms. The molecule has 0 saturated carbocycles. The number of rotatable bonds is 6. The number of nitrogens with one attached hydrogen (secondary N) is 1. The quantitative estimate of drug-likeness (QED) is 0.874. The molecule has 0 saturated heterocycles. The third-order valence-electron chi connectivity index (χ3n) is 2.85. The molecule has 4 nitrogen and oxygen atoms in total. The lowest BCUT2D eigenvalue weighted by Crippen LogP contribution is -2.35. The largest absolute Gasteiger partial charge is 0.367 e. The molecular formula is C15H23NO3S. The van der Waals surface area contributed by atoms with Crippen LogP contribution in [0.2, 0.25) is 0 Å². The molecule has 0 heterocycles. The van der Waals surface area contributed by atoms with E-state index in [4.69, 9.17) is 4.74 Å². The van der Waals surface area contributed by atoms with Crippen LogP contribution >= 0.6 is 0 Å². The first-order valence-corrected chi connectivity index (χ1v) is 7.92. The molecule has 1 N–H and O–H groups in total. The molecule has 0 aliphatic rings. The Kier molecular flexibility index (Phi) is 6.36. The number of benzene rings is 1. The molecule has 1 rings (SSSR count). The maximum absolute atomic E-state index is 12.1. The van der Waals surface area contributed by atoms with Crippen molar-refractivity contribution in [2.45, 2.75) is 31.6 Å². The van der Waals surface area contributed by atoms with Crippen molar-refractivity contribution in [2.24, 2.45) is 0 Å². The zero-order chi connectivity index (χ0) is 15.2. The molecule has 5 heteroatoms. The van der Waals surface area contributed by atoms with Crippen molar-refractivity contribution < 1.29 is 13.7 Å². The molecule has 2 atom stereocenters. The summed E-state index contributed by atoms with van der Waals surface area (Å²) in [7, 11) is 0.536. The predicted molar refractivity (Wildman–Crippen MR) is 82.0 cm³/mol. The normalized spacial score (nSPS) is 14.6. The van der Waals surface area contributed by atoms with Crippen molar-refractivity contribution in [2.75, 3.05) is 19.4 Å². The fourth-order valence-electron chi connectivity index (χ4n) is 1.69. The Balaban J connectivity index is 2.52. The Labute approximate surface area is 123 Å². The van der Waals surface area contributed by atoms with Crippen molar-refractivity contribution in [3.63, 3.8) is 0 Å². The third-order valence-corrected chi connectivity index (χ3v) is 4.79. The fraction of sp³-hybridized carbons (Fsp3) is 0.533. The van der Waals surface area contributed by atoms with Gasteiger partial charge in [-0.15, -0.1) is 0 Å². The van der Waals surface area contributed by atoms with Crippen LogP contribution in [-0.4, -0.2) is 34.3 Å². The van der Waals surface area contributed by atoms with Gasteiger partial charge in [-0.3, -0.25) is 9.00 Å². The summed E-state index contributed by atoms with van der Waals surface area (Å²) >= 11 is 0. The highest BCUT2D eigenvalue weighted by Crippen LogP contribution is 2.16. The molecule has 0 aliphatic heterocycles. The maximum Gasteiger partial charge on any atom is 0.253 e. The van der Waals surface area contributed by atoms with Crippen LogP contribution in [0.3, 0.4) is 0 Å². The van der Waals surface area contributed by atoms with Gasteiger partial charge in [0.2, 0.25) is 0 Å². The molecule has 1 amide bonds. The van der Waals surface area contributed by atoms with E-state index in [1.54, 1.807) is 0 Å². The van der Waals surface area contributed by atoms with Crippen molar-refractivity contribution in [1.29, 1.82) is 0 Å². The molecule has 0 bridgehead atoms. The number of carbonyl (C=O) groups is 1. The van der Waals surface area contributed by atoms with E-state index in [1.807, 2.05) is 51.1 Å². The predicted octanol–water partition coefficient (Wildman–Crippen LogP) is 2.04. The molecule has 0 fully saturated rings. The van der Waals surface area contributed by atoms with Gasteiger partial charge >= 0.3 is 0 Å². The van der Waals surface area contributed by atoms with E-state index in [-0.39, 0.29) is 10.7 Å². The topological polar surface area (TPSA) is 55.4 Å². The molecule has 1 aromatic rings. The number of hydrogen-bond acceptors (Lipinski definition) is 3. The number of ether oxygens (including phenoxy) is 1. The second-order valence-electron chi connectivity index (χ2n) is 5.48. The number of carbonyl (C=O) groups excluding carboxylic acids is 1. The highest BCUT2D eigenvalue weighted by Gasteiger charge is 2.21. The Morgan fingerprint density at radius 2 is 1.90 bits per heavy atom. The van der Waals surface area contributed by atoms with Gasteiger partial charge in [0.1, 0.15) is 0 Å². The minimum atomic E-state index is -0.969. The Bertz CT molecular complexity index is 454. The average Bonchev–Trinajstić information content (AvgIpc) is 2.39. The van der Waals surface area contributed by atoms with E-state index in [9.17, 15) is 9.00 Å². The van der Waals surface area contributed by atoms with Crippen LogP contribution in [-0.2, 0) is 20.3 Å². The van der Waals surface area contributed by atoms with Crippen LogP contribution in [0.4, 0.5) is 0 Å². The molecule has 0 unspecified atom stereocenters. The molecule has 1 aromatic carbocycles. The van der Waals surface area contributed by atoms with Crippen molar-refractivity contribution in [1.82, 2.24) is 5.32 Å². The summed E-state index contributed by atoms with van der Waals surface area (Å²) in [6.45, 7) is 6.15. The van der Waals surface area contributed by atoms with Gasteiger partial charge in [-0.1, -0.05) is 30.3 Å². The summed E-state index contributed by atoms with van der Waals surface area (Å²) in [5.41, 5.74) is 0.810. The van der Waals surface area contributed by atoms with Gasteiger partial charge in [0.15, 0.2) is 6.10 Å². The van der Waals surface area contributed by atoms with Gasteiger partial charge in [0.05, 0.1) is 0 Å². The van der Waals surface area contributed by atoms with Crippen molar-refractivity contribution in [3.8, 4) is 0 Å². The standard InChI is InChI=1S/C15H23NO3S/c1-15(2,3)20(18)11-10-16-14(17)13(19-4)12-8-6-5-7-9-12/h5-9,13H,10-11H2,1-4H3,(H,16,17)/t13-,20+/m1/s1. The molecule has 112 valence electrons. The Morgan fingerprint density at radius 1 is 1.30 bits per heavy atom. The monoisotopic (exact) mass is 297 g/mol. The van der Waals surface area contributed by atoms with E-state index in [0.29, 0.717) is 12.3 Å². The summed E-state index contributed by atoms with van der Waals surface area (Å²) in [6, 6.07) is 9.31. The zero-order valence-electron chi connectivity index (χ0n) is 12.5. The highest BCUT2D eigenvalue weighted by atomic mass is 32.2. The highest BCUT2D eigenvalue weighted by molar-refractivity contribution is 7.86. The molecule has 0 radical (unpaired) electrons. The van der Waals surface area contributed by atoms with Crippen LogP contribution in [0.25, 0.3) is 0 Å². The lowest BCUT2D eigenvalue weighted by atomic mass is 10.1. The van der Waals surface area contributed by atoms with Gasteiger partial charge in [0.25, 0.3) is 5.91 Å². The van der Waals surface area contributed by atoms with Crippen LogP contribution in [0.1, 0.15) is 32.4 Å². The lowest BCUT2D eigenvalue weighted by molar-refractivity contribution is -0.131. The van der Waals surface area contributed by atoms with Crippen LogP contribution < -0.4 is 5.32 Å². The minimum absolute atomic E-state index is 0.204. The summed E-state index contributed by atoms with van der Waals surface area (Å²) in [5, 5.41) is 2.78. The second kappa shape index (κ2) is 7.55. The van der Waals surface area contributed by atoms with Crippen molar-refractivity contribution in [3.05, 3.63) is 35.9 Å². The molecule has 0 aliphatic carbocycles. The number of methoxy groups -OCH3 is 1. The second-order valence-corrected chi connectivity index (χ2v) is 7.80. The van der Waals surface area contributed by atoms with Gasteiger partial charge < -0.3 is 10.1 Å². The van der Waals surface area contributed by atoms with E-state index in [2.05, 4.69) is 5.32 Å². The Morgan fingerprint density at radius 3 is 2.40 bits per heavy atom. The van der Waals surface area contributed by atoms with Gasteiger partial charge in [-0.05, 0) is 26.3 Å². The molecule has 20 heavy (non-hydrogen) atoms. The minimum Gasteiger partial charge on any atom is -0.367 e. The first-order valence-electron chi connectivity index (χ1n) is 6.60. The summed E-state index contributed by atoms with van der Waals surface area (Å²) < 4.78 is 16.9. The Hall–Kier alpha value is -1.20. The van der Waals surface area contributed by atoms with Crippen LogP contribution in [0.5, 0.6) is 0 Å². The third kappa shape index (κ3) is 5.06. The van der Waals surface area contributed by atoms with Gasteiger partial charge in [-0.25, -0.2) is 0 Å². The molecule has 0 aromatic heterocycles. The van der Waals surface area contributed by atoms with E-state index in [1.165, 1.54) is 7.11 Å². The van der Waals surface area contributed by atoms with Gasteiger partial charge in [0, 0.05) is 35.0 Å². The average molecular weight is 297 g/mol. The SMILES string of the molecule is CO[C@@H](C(=O)NCC[S@](=O)C(C)(C)C)c1ccccc1. The van der Waals surface area contributed by atoms with E-state index >= 15 is 0 Å². The smallest absolute Gasteiger partial charge is 0.253 e. The van der Waals surface area contributed by atoms with E-state index < -0.39 is 16.9 Å². The number of hydrogen-bond donors (Lipinski definition) is 1. The lowest BCUT2D eigenvalue weighted by Gasteiger charge is -2.19. The van der Waals surface area contributed by atoms with Gasteiger partial charge in [-0.2, -0.15) is 0 Å². The number of amides is 1.